The van der Waals surface area contributed by atoms with Crippen molar-refractivity contribution in [3.63, 3.8) is 0 Å². The molecule has 8 heteroatoms. The molecule has 190 valence electrons. The third-order valence-corrected chi connectivity index (χ3v) is 6.44. The first-order chi connectivity index (χ1) is 22.6. The predicted molar refractivity (Wildman–Crippen MR) is 136 cm³/mol. The molecule has 0 N–H and O–H groups in total. The van der Waals surface area contributed by atoms with E-state index >= 15 is 0 Å². The fourth-order valence-electron chi connectivity index (χ4n) is 3.39. The number of aryl methyl sites for hydroxylation is 2. The van der Waals surface area contributed by atoms with Crippen LogP contribution in [0, 0.1) is 6.92 Å². The van der Waals surface area contributed by atoms with Gasteiger partial charge in [0.25, 0.3) is 10.0 Å². The van der Waals surface area contributed by atoms with Crippen molar-refractivity contribution < 1.29 is 46.9 Å². The van der Waals surface area contributed by atoms with Gasteiger partial charge in [-0.2, -0.15) is 12.8 Å². The van der Waals surface area contributed by atoms with E-state index < -0.39 is 83.0 Å². The summed E-state index contributed by atoms with van der Waals surface area (Å²) in [6, 6.07) is 10.8. The molecule has 36 heavy (non-hydrogen) atoms. The first kappa shape index (κ1) is 13.1. The molecule has 0 saturated carbocycles. The summed E-state index contributed by atoms with van der Waals surface area (Å²) in [5, 5.41) is 13.7. The average Bonchev–Trinajstić information content (AvgIpc) is 3.46. The Morgan fingerprint density at radius 3 is 2.61 bits per heavy atom. The van der Waals surface area contributed by atoms with Gasteiger partial charge in [-0.05, 0) is 60.6 Å². The normalized spacial score (nSPS) is 22.1. The quantitative estimate of drug-likeness (QED) is 0.288. The van der Waals surface area contributed by atoms with E-state index in [0.717, 1.165) is 36.4 Å². The minimum atomic E-state index is -4.95. The van der Waals surface area contributed by atoms with E-state index in [2.05, 4.69) is 4.40 Å². The summed E-state index contributed by atoms with van der Waals surface area (Å²) in [4.78, 5) is -0.685. The third kappa shape index (κ3) is 5.65. The second kappa shape index (κ2) is 10.6. The molecule has 3 aromatic carbocycles. The van der Waals surface area contributed by atoms with Crippen LogP contribution < -0.4 is 19.3 Å². The molecule has 7 nitrogen and oxygen atoms in total. The van der Waals surface area contributed by atoms with Crippen molar-refractivity contribution in [2.45, 2.75) is 57.1 Å². The molecule has 1 aliphatic rings. The van der Waals surface area contributed by atoms with E-state index in [0.29, 0.717) is 5.56 Å². The number of sulfonamides is 1. The molecule has 0 radical (unpaired) electrons. The fraction of sp³-hybridized carbons (Fsp3) is 0.321. The number of ether oxygens (including phenoxy) is 3. The van der Waals surface area contributed by atoms with Gasteiger partial charge in [0, 0.05) is 30.7 Å². The van der Waals surface area contributed by atoms with Crippen LogP contribution in [0.15, 0.2) is 70.0 Å². The molecule has 0 aromatic heterocycles. The van der Waals surface area contributed by atoms with E-state index in [1.807, 2.05) is 0 Å². The molecule has 0 fully saturated rings. The Hall–Kier alpha value is -3.52. The Balaban J connectivity index is 1.83. The zero-order valence-electron chi connectivity index (χ0n) is 32.9. The smallest absolute Gasteiger partial charge is 0.281 e. The summed E-state index contributed by atoms with van der Waals surface area (Å²) >= 11 is 0. The highest BCUT2D eigenvalue weighted by atomic mass is 32.2. The third-order valence-electron chi connectivity index (χ3n) is 5.15. The number of fused-ring (bicyclic) bond motifs is 1. The maximum Gasteiger partial charge on any atom is 0.281 e. The highest BCUT2D eigenvalue weighted by Gasteiger charge is 2.23. The summed E-state index contributed by atoms with van der Waals surface area (Å²) in [6.45, 7) is -8.80. The van der Waals surface area contributed by atoms with Crippen molar-refractivity contribution in [2.24, 2.45) is 4.40 Å². The molecule has 0 spiro atoms. The lowest BCUT2D eigenvalue weighted by atomic mass is 10.0. The molecule has 0 amide bonds. The van der Waals surface area contributed by atoms with Gasteiger partial charge >= 0.3 is 0 Å². The van der Waals surface area contributed by atoms with Crippen LogP contribution in [0.3, 0.4) is 0 Å². The SMILES string of the molecule is [2H]C([2H])([2H])C([2H])([2H])C([2H])([2H])c1cc(C)ccc1OC(C([O-])=NS(=O)(=O)c1ccc(C([2H])(C([2H])([2H])[2H])C([2H])([2H])[2H])cc1)c1ccc2c(c1)OCO2. The van der Waals surface area contributed by atoms with Gasteiger partial charge in [-0.25, -0.2) is 0 Å². The molecular weight excluding hydrogens is 478 g/mol. The summed E-state index contributed by atoms with van der Waals surface area (Å²) < 4.78 is 157. The highest BCUT2D eigenvalue weighted by molar-refractivity contribution is 7.90. The van der Waals surface area contributed by atoms with Crippen molar-refractivity contribution in [1.29, 1.82) is 0 Å². The molecular formula is C28H30NO6S-. The molecule has 1 aliphatic heterocycles. The van der Waals surface area contributed by atoms with Crippen LogP contribution >= 0.6 is 0 Å². The molecule has 1 heterocycles. The molecule has 0 bridgehead atoms. The second-order valence-corrected chi connectivity index (χ2v) is 9.27. The maximum absolute atomic E-state index is 13.7. The van der Waals surface area contributed by atoms with Crippen molar-refractivity contribution in [2.75, 3.05) is 6.79 Å². The van der Waals surface area contributed by atoms with Gasteiger partial charge < -0.3 is 19.3 Å². The zero-order chi connectivity index (χ0) is 37.9. The van der Waals surface area contributed by atoms with Crippen molar-refractivity contribution in [1.82, 2.24) is 0 Å². The van der Waals surface area contributed by atoms with Crippen LogP contribution in [0.4, 0.5) is 0 Å². The Bertz CT molecular complexity index is 1870. The minimum absolute atomic E-state index is 0.0752. The van der Waals surface area contributed by atoms with Gasteiger partial charge in [0.1, 0.15) is 5.75 Å². The van der Waals surface area contributed by atoms with Gasteiger partial charge in [-0.1, -0.05) is 62.8 Å². The van der Waals surface area contributed by atoms with Gasteiger partial charge in [0.15, 0.2) is 17.6 Å². The lowest BCUT2D eigenvalue weighted by Crippen LogP contribution is -2.31. The van der Waals surface area contributed by atoms with Gasteiger partial charge in [-0.3, -0.25) is 0 Å². The van der Waals surface area contributed by atoms with Crippen LogP contribution in [-0.4, -0.2) is 21.1 Å². The summed E-state index contributed by atoms with van der Waals surface area (Å²) in [6.07, 6.45) is -8.70. The Kier molecular flexibility index (Phi) is 3.88. The van der Waals surface area contributed by atoms with E-state index in [1.54, 1.807) is 0 Å². The zero-order valence-corrected chi connectivity index (χ0v) is 19.7. The first-order valence-corrected chi connectivity index (χ1v) is 11.9. The summed E-state index contributed by atoms with van der Waals surface area (Å²) in [5.74, 6) is -4.73. The van der Waals surface area contributed by atoms with Crippen LogP contribution in [-0.2, 0) is 16.4 Å². The average molecular weight is 523 g/mol. The van der Waals surface area contributed by atoms with E-state index in [-0.39, 0.29) is 23.9 Å². The maximum atomic E-state index is 13.7. The van der Waals surface area contributed by atoms with Crippen LogP contribution in [0.1, 0.15) is 80.4 Å². The standard InChI is InChI=1S/C28H31NO6S/c1-5-6-21-15-19(4)7-13-24(21)35-27(22-10-14-25-26(16-22)34-17-33-25)28(30)29-36(31,32)23-11-8-20(9-12-23)18(2)3/h7-16,18,27H,5-6,17H2,1-4H3,(H,29,30)/p-1/i1D3,2D3,3D3,5D2,6D2,18D. The Morgan fingerprint density at radius 1 is 1.11 bits per heavy atom. The lowest BCUT2D eigenvalue weighted by molar-refractivity contribution is -0.226. The molecule has 3 aromatic rings. The summed E-state index contributed by atoms with van der Waals surface area (Å²) in [5.41, 5.74) is -0.859. The van der Waals surface area contributed by atoms with Gasteiger partial charge in [0.05, 0.1) is 4.90 Å². The van der Waals surface area contributed by atoms with Crippen LogP contribution in [0.5, 0.6) is 17.2 Å². The fourth-order valence-corrected chi connectivity index (χ4v) is 4.31. The molecule has 1 atom stereocenters. The second-order valence-electron chi connectivity index (χ2n) is 7.66. The van der Waals surface area contributed by atoms with Crippen molar-refractivity contribution in [3.8, 4) is 17.2 Å². The van der Waals surface area contributed by atoms with Crippen molar-refractivity contribution >= 4 is 15.9 Å². The van der Waals surface area contributed by atoms with E-state index in [4.69, 9.17) is 33.4 Å². The monoisotopic (exact) mass is 522 g/mol. The van der Waals surface area contributed by atoms with Gasteiger partial charge in [-0.15, -0.1) is 0 Å². The van der Waals surface area contributed by atoms with Crippen molar-refractivity contribution in [3.05, 3.63) is 82.9 Å². The van der Waals surface area contributed by atoms with Gasteiger partial charge in [0.2, 0.25) is 6.79 Å². The Morgan fingerprint density at radius 2 is 1.86 bits per heavy atom. The number of rotatable bonds is 9. The molecule has 0 saturated heterocycles. The van der Waals surface area contributed by atoms with E-state index in [9.17, 15) is 13.5 Å². The largest absolute Gasteiger partial charge is 0.858 e. The predicted octanol–water partition coefficient (Wildman–Crippen LogP) is 5.07. The minimum Gasteiger partial charge on any atom is -0.858 e. The number of benzene rings is 3. The molecule has 1 unspecified atom stereocenters. The summed E-state index contributed by atoms with van der Waals surface area (Å²) in [7, 11) is -4.95. The lowest BCUT2D eigenvalue weighted by Gasteiger charge is -2.26. The Labute approximate surface area is 232 Å². The van der Waals surface area contributed by atoms with Crippen LogP contribution in [0.2, 0.25) is 0 Å². The van der Waals surface area contributed by atoms with E-state index in [1.165, 1.54) is 31.2 Å². The molecule has 0 aliphatic carbocycles. The first-order valence-electron chi connectivity index (χ1n) is 17.4. The number of hydrogen-bond donors (Lipinski definition) is 0. The number of nitrogens with zero attached hydrogens (tertiary/aromatic N) is 1. The van der Waals surface area contributed by atoms with Crippen LogP contribution in [0.25, 0.3) is 0 Å². The number of hydrogen-bond acceptors (Lipinski definition) is 6. The highest BCUT2D eigenvalue weighted by Crippen LogP contribution is 2.36. The topological polar surface area (TPSA) is 97.2 Å². The molecule has 4 rings (SSSR count).